The molecule has 9 heteroatoms. The Morgan fingerprint density at radius 2 is 1.88 bits per heavy atom. The zero-order valence-electron chi connectivity index (χ0n) is 17.7. The SMILES string of the molecule is Cc1ccc(-c2cc(C(=O)OCc3cc(=O)n4cc(Cl)ccc4n3)c3c(C)noc3n2)cc1. The highest BCUT2D eigenvalue weighted by atomic mass is 35.5. The maximum Gasteiger partial charge on any atom is 0.339 e. The number of aromatic nitrogens is 4. The molecule has 164 valence electrons. The fourth-order valence-electron chi connectivity index (χ4n) is 3.55. The van der Waals surface area contributed by atoms with E-state index in [2.05, 4.69) is 15.1 Å². The normalized spacial score (nSPS) is 11.2. The van der Waals surface area contributed by atoms with E-state index in [-0.39, 0.29) is 23.4 Å². The zero-order chi connectivity index (χ0) is 23.1. The highest BCUT2D eigenvalue weighted by Crippen LogP contribution is 2.28. The summed E-state index contributed by atoms with van der Waals surface area (Å²) in [5, 5.41) is 4.85. The summed E-state index contributed by atoms with van der Waals surface area (Å²) >= 11 is 5.94. The minimum atomic E-state index is -0.597. The molecule has 1 aromatic carbocycles. The van der Waals surface area contributed by atoms with E-state index in [0.717, 1.165) is 11.1 Å². The Balaban J connectivity index is 1.48. The third-order valence-electron chi connectivity index (χ3n) is 5.21. The van der Waals surface area contributed by atoms with Gasteiger partial charge in [0.25, 0.3) is 11.3 Å². The van der Waals surface area contributed by atoms with E-state index in [9.17, 15) is 9.59 Å². The highest BCUT2D eigenvalue weighted by Gasteiger charge is 2.21. The zero-order valence-corrected chi connectivity index (χ0v) is 18.5. The van der Waals surface area contributed by atoms with Crippen molar-refractivity contribution in [2.24, 2.45) is 0 Å². The average Bonchev–Trinajstić information content (AvgIpc) is 3.18. The van der Waals surface area contributed by atoms with Crippen LogP contribution in [0.2, 0.25) is 5.02 Å². The van der Waals surface area contributed by atoms with Crippen molar-refractivity contribution < 1.29 is 14.1 Å². The Bertz CT molecular complexity index is 1590. The van der Waals surface area contributed by atoms with Crippen molar-refractivity contribution in [1.82, 2.24) is 19.5 Å². The van der Waals surface area contributed by atoms with Crippen LogP contribution in [0.4, 0.5) is 0 Å². The maximum absolute atomic E-state index is 13.1. The number of fused-ring (bicyclic) bond motifs is 2. The number of rotatable bonds is 4. The van der Waals surface area contributed by atoms with Crippen LogP contribution in [0.5, 0.6) is 0 Å². The minimum Gasteiger partial charge on any atom is -0.456 e. The molecule has 0 atom stereocenters. The Hall–Kier alpha value is -4.04. The Labute approximate surface area is 192 Å². The van der Waals surface area contributed by atoms with Gasteiger partial charge >= 0.3 is 5.97 Å². The quantitative estimate of drug-likeness (QED) is 0.363. The van der Waals surface area contributed by atoms with E-state index in [1.165, 1.54) is 16.7 Å². The Kier molecular flexibility index (Phi) is 5.14. The first kappa shape index (κ1) is 20.8. The monoisotopic (exact) mass is 460 g/mol. The second-order valence-corrected chi connectivity index (χ2v) is 8.04. The Morgan fingerprint density at radius 1 is 1.09 bits per heavy atom. The fourth-order valence-corrected chi connectivity index (χ4v) is 3.71. The number of hydrogen-bond acceptors (Lipinski definition) is 7. The lowest BCUT2D eigenvalue weighted by molar-refractivity contribution is 0.0470. The van der Waals surface area contributed by atoms with Gasteiger partial charge in [-0.05, 0) is 32.0 Å². The van der Waals surface area contributed by atoms with Crippen LogP contribution in [0, 0.1) is 13.8 Å². The number of benzene rings is 1. The van der Waals surface area contributed by atoms with Gasteiger partial charge in [0.05, 0.1) is 33.1 Å². The van der Waals surface area contributed by atoms with Crippen LogP contribution in [0.15, 0.2) is 64.0 Å². The van der Waals surface area contributed by atoms with Crippen molar-refractivity contribution in [3.05, 3.63) is 92.6 Å². The number of halogens is 1. The molecule has 33 heavy (non-hydrogen) atoms. The average molecular weight is 461 g/mol. The van der Waals surface area contributed by atoms with E-state index in [0.29, 0.717) is 33.1 Å². The first-order valence-electron chi connectivity index (χ1n) is 10.1. The molecule has 0 aliphatic rings. The van der Waals surface area contributed by atoms with Crippen molar-refractivity contribution >= 4 is 34.3 Å². The van der Waals surface area contributed by atoms with Gasteiger partial charge in [-0.1, -0.05) is 46.6 Å². The largest absolute Gasteiger partial charge is 0.456 e. The molecule has 0 fully saturated rings. The summed E-state index contributed by atoms with van der Waals surface area (Å²) in [4.78, 5) is 34.3. The lowest BCUT2D eigenvalue weighted by Crippen LogP contribution is -2.16. The molecule has 0 aliphatic heterocycles. The third kappa shape index (κ3) is 3.96. The van der Waals surface area contributed by atoms with Crippen molar-refractivity contribution in [1.29, 1.82) is 0 Å². The molecule has 4 heterocycles. The van der Waals surface area contributed by atoms with E-state index in [4.69, 9.17) is 20.9 Å². The summed E-state index contributed by atoms with van der Waals surface area (Å²) in [6.45, 7) is 3.54. The molecule has 0 saturated heterocycles. The van der Waals surface area contributed by atoms with Crippen molar-refractivity contribution in [2.45, 2.75) is 20.5 Å². The minimum absolute atomic E-state index is 0.179. The van der Waals surface area contributed by atoms with Gasteiger partial charge in [-0.25, -0.2) is 14.8 Å². The third-order valence-corrected chi connectivity index (χ3v) is 5.44. The lowest BCUT2D eigenvalue weighted by atomic mass is 10.0. The first-order valence-corrected chi connectivity index (χ1v) is 10.5. The fraction of sp³-hybridized carbons (Fsp3) is 0.125. The number of nitrogens with zero attached hydrogens (tertiary/aromatic N) is 4. The molecule has 5 aromatic rings. The summed E-state index contributed by atoms with van der Waals surface area (Å²) in [5.74, 6) is -0.597. The van der Waals surface area contributed by atoms with Crippen molar-refractivity contribution in [3.63, 3.8) is 0 Å². The molecular weight excluding hydrogens is 444 g/mol. The van der Waals surface area contributed by atoms with Crippen LogP contribution in [0.25, 0.3) is 28.0 Å². The molecule has 0 saturated carbocycles. The lowest BCUT2D eigenvalue weighted by Gasteiger charge is -2.09. The molecule has 0 N–H and O–H groups in total. The standard InChI is InChI=1S/C24H17ClN4O4/c1-13-3-5-15(6-4-13)19-10-18(22-14(2)28-33-23(22)27-19)24(31)32-12-17-9-21(30)29-11-16(25)7-8-20(29)26-17/h3-11H,12H2,1-2H3. The van der Waals surface area contributed by atoms with Crippen LogP contribution in [-0.4, -0.2) is 25.5 Å². The molecule has 0 amide bonds. The van der Waals surface area contributed by atoms with Crippen LogP contribution in [-0.2, 0) is 11.3 Å². The molecule has 5 rings (SSSR count). The van der Waals surface area contributed by atoms with E-state index >= 15 is 0 Å². The maximum atomic E-state index is 13.1. The molecule has 8 nitrogen and oxygen atoms in total. The molecule has 4 aromatic heterocycles. The van der Waals surface area contributed by atoms with E-state index in [1.54, 1.807) is 25.1 Å². The van der Waals surface area contributed by atoms with Gasteiger partial charge in [-0.15, -0.1) is 0 Å². The van der Waals surface area contributed by atoms with Crippen LogP contribution < -0.4 is 5.56 Å². The van der Waals surface area contributed by atoms with Crippen molar-refractivity contribution in [3.8, 4) is 11.3 Å². The second kappa shape index (κ2) is 8.14. The number of aryl methyl sites for hydroxylation is 2. The highest BCUT2D eigenvalue weighted by molar-refractivity contribution is 6.30. The van der Waals surface area contributed by atoms with E-state index in [1.807, 2.05) is 31.2 Å². The smallest absolute Gasteiger partial charge is 0.339 e. The molecular formula is C24H17ClN4O4. The summed E-state index contributed by atoms with van der Waals surface area (Å²) in [7, 11) is 0. The summed E-state index contributed by atoms with van der Waals surface area (Å²) in [6.07, 6.45) is 1.48. The molecule has 0 aliphatic carbocycles. The van der Waals surface area contributed by atoms with E-state index < -0.39 is 5.97 Å². The van der Waals surface area contributed by atoms with Gasteiger partial charge in [-0.3, -0.25) is 9.20 Å². The number of esters is 1. The Morgan fingerprint density at radius 3 is 2.67 bits per heavy atom. The molecule has 0 bridgehead atoms. The summed E-state index contributed by atoms with van der Waals surface area (Å²) in [6, 6.07) is 14.0. The van der Waals surface area contributed by atoms with Crippen LogP contribution in [0.3, 0.4) is 0 Å². The molecule has 0 unspecified atom stereocenters. The van der Waals surface area contributed by atoms with Crippen LogP contribution in [0.1, 0.15) is 27.3 Å². The van der Waals surface area contributed by atoms with Gasteiger partial charge in [-0.2, -0.15) is 0 Å². The summed E-state index contributed by atoms with van der Waals surface area (Å²) in [5.41, 5.74) is 3.95. The number of carbonyl (C=O) groups is 1. The van der Waals surface area contributed by atoms with Gasteiger partial charge in [0.1, 0.15) is 12.3 Å². The predicted molar refractivity (Wildman–Crippen MR) is 122 cm³/mol. The molecule has 0 spiro atoms. The first-order chi connectivity index (χ1) is 15.9. The summed E-state index contributed by atoms with van der Waals surface area (Å²) < 4.78 is 12.2. The molecule has 0 radical (unpaired) electrons. The second-order valence-electron chi connectivity index (χ2n) is 7.61. The van der Waals surface area contributed by atoms with Crippen molar-refractivity contribution in [2.75, 3.05) is 0 Å². The van der Waals surface area contributed by atoms with Gasteiger partial charge in [0.2, 0.25) is 0 Å². The number of hydrogen-bond donors (Lipinski definition) is 0. The van der Waals surface area contributed by atoms with Crippen LogP contribution >= 0.6 is 11.6 Å². The number of pyridine rings is 2. The predicted octanol–water partition coefficient (Wildman–Crippen LogP) is 4.52. The number of ether oxygens (including phenoxy) is 1. The van der Waals surface area contributed by atoms with Gasteiger partial charge in [0, 0.05) is 17.8 Å². The topological polar surface area (TPSA) is 99.6 Å². The van der Waals surface area contributed by atoms with Gasteiger partial charge < -0.3 is 9.26 Å². The number of carbonyl (C=O) groups excluding carboxylic acids is 1. The van der Waals surface area contributed by atoms with Gasteiger partial charge in [0.15, 0.2) is 0 Å².